The summed E-state index contributed by atoms with van der Waals surface area (Å²) in [5, 5.41) is 10.4. The molecule has 0 amide bonds. The zero-order valence-electron chi connectivity index (χ0n) is 6.37. The van der Waals surface area contributed by atoms with Gasteiger partial charge < -0.3 is 5.21 Å². The zero-order chi connectivity index (χ0) is 9.84. The summed E-state index contributed by atoms with van der Waals surface area (Å²) in [6, 6.07) is 6.57. The lowest BCUT2D eigenvalue weighted by molar-refractivity contribution is 0.106. The lowest BCUT2D eigenvalue weighted by Gasteiger charge is -1.96. The van der Waals surface area contributed by atoms with Crippen molar-refractivity contribution < 1.29 is 10.0 Å². The number of hydrogen-bond donors (Lipinski definition) is 1. The van der Waals surface area contributed by atoms with Gasteiger partial charge in [0.1, 0.15) is 0 Å². The quantitative estimate of drug-likeness (QED) is 0.385. The molecule has 1 N–H and O–H groups in total. The van der Waals surface area contributed by atoms with Gasteiger partial charge >= 0.3 is 0 Å². The van der Waals surface area contributed by atoms with Crippen molar-refractivity contribution >= 4 is 38.5 Å². The first-order chi connectivity index (χ1) is 6.15. The molecule has 0 bridgehead atoms. The minimum absolute atomic E-state index is 0.381. The maximum atomic E-state index is 11.2. The van der Waals surface area contributed by atoms with E-state index in [2.05, 4.69) is 21.1 Å². The van der Waals surface area contributed by atoms with Crippen LogP contribution in [-0.2, 0) is 0 Å². The van der Waals surface area contributed by atoms with Crippen molar-refractivity contribution in [3.8, 4) is 0 Å². The van der Waals surface area contributed by atoms with Crippen molar-refractivity contribution in [2.24, 2.45) is 5.16 Å². The second-order valence-electron chi connectivity index (χ2n) is 2.23. The fourth-order valence-electron chi connectivity index (χ4n) is 0.766. The molecule has 0 unspecified atom stereocenters. The third-order valence-electron chi connectivity index (χ3n) is 1.38. The number of halogens is 2. The van der Waals surface area contributed by atoms with Crippen molar-refractivity contribution in [2.45, 2.75) is 0 Å². The van der Waals surface area contributed by atoms with Gasteiger partial charge in [-0.25, -0.2) is 0 Å². The number of hydrogen-bond acceptors (Lipinski definition) is 3. The number of nitrogens with zero attached hydrogens (tertiary/aromatic N) is 1. The van der Waals surface area contributed by atoms with E-state index in [1.54, 1.807) is 24.3 Å². The first-order valence-electron chi connectivity index (χ1n) is 3.33. The molecule has 0 spiro atoms. The van der Waals surface area contributed by atoms with E-state index in [0.29, 0.717) is 5.56 Å². The van der Waals surface area contributed by atoms with Crippen molar-refractivity contribution in [3.05, 3.63) is 34.3 Å². The third kappa shape index (κ3) is 2.54. The molecule has 0 aromatic heterocycles. The molecule has 5 heteroatoms. The van der Waals surface area contributed by atoms with E-state index >= 15 is 0 Å². The topological polar surface area (TPSA) is 49.7 Å². The van der Waals surface area contributed by atoms with Crippen LogP contribution >= 0.6 is 27.5 Å². The minimum atomic E-state index is -0.503. The predicted molar refractivity (Wildman–Crippen MR) is 53.5 cm³/mol. The highest BCUT2D eigenvalue weighted by Crippen LogP contribution is 2.11. The van der Waals surface area contributed by atoms with E-state index in [-0.39, 0.29) is 0 Å². The first-order valence-corrected chi connectivity index (χ1v) is 4.50. The molecule has 0 radical (unpaired) electrons. The highest BCUT2D eigenvalue weighted by molar-refractivity contribution is 9.10. The number of ketones is 1. The Labute approximate surface area is 88.1 Å². The molecule has 0 saturated heterocycles. The van der Waals surface area contributed by atoms with Gasteiger partial charge in [-0.1, -0.05) is 32.7 Å². The fraction of sp³-hybridized carbons (Fsp3) is 0. The maximum absolute atomic E-state index is 11.2. The maximum Gasteiger partial charge on any atom is 0.226 e. The number of carbonyl (C=O) groups excluding carboxylic acids is 1. The molecular formula is C8H5BrClNO2. The molecule has 0 aliphatic rings. The molecule has 0 saturated carbocycles. The van der Waals surface area contributed by atoms with E-state index in [0.717, 1.165) is 4.47 Å². The van der Waals surface area contributed by atoms with Crippen molar-refractivity contribution in [3.63, 3.8) is 0 Å². The molecule has 13 heavy (non-hydrogen) atoms. The van der Waals surface area contributed by atoms with Crippen LogP contribution in [0.2, 0.25) is 0 Å². The summed E-state index contributed by atoms with van der Waals surface area (Å²) >= 11 is 8.55. The summed E-state index contributed by atoms with van der Waals surface area (Å²) in [5.41, 5.74) is 0.381. The number of oxime groups is 1. The first kappa shape index (κ1) is 10.2. The number of benzene rings is 1. The molecule has 3 nitrogen and oxygen atoms in total. The summed E-state index contributed by atoms with van der Waals surface area (Å²) in [6.45, 7) is 0. The monoisotopic (exact) mass is 261 g/mol. The molecule has 0 fully saturated rings. The molecular weight excluding hydrogens is 257 g/mol. The van der Waals surface area contributed by atoms with Crippen LogP contribution in [0, 0.1) is 0 Å². The Bertz CT molecular complexity index is 348. The predicted octanol–water partition coefficient (Wildman–Crippen LogP) is 2.66. The Morgan fingerprint density at radius 2 is 1.92 bits per heavy atom. The van der Waals surface area contributed by atoms with Gasteiger partial charge in [0.15, 0.2) is 0 Å². The van der Waals surface area contributed by atoms with E-state index in [1.165, 1.54) is 0 Å². The fourth-order valence-corrected chi connectivity index (χ4v) is 1.14. The standard InChI is InChI=1S/C8H5BrClNO2/c9-6-3-1-5(2-4-6)7(12)8(10)11-13/h1-4,13H/b11-8-. The molecule has 1 aromatic carbocycles. The van der Waals surface area contributed by atoms with Crippen LogP contribution in [0.15, 0.2) is 33.9 Å². The molecule has 0 heterocycles. The van der Waals surface area contributed by atoms with E-state index in [4.69, 9.17) is 16.8 Å². The molecule has 68 valence electrons. The lowest BCUT2D eigenvalue weighted by atomic mass is 10.1. The Morgan fingerprint density at radius 1 is 1.38 bits per heavy atom. The van der Waals surface area contributed by atoms with E-state index < -0.39 is 11.0 Å². The van der Waals surface area contributed by atoms with Gasteiger partial charge in [-0.15, -0.1) is 0 Å². The third-order valence-corrected chi connectivity index (χ3v) is 2.16. The van der Waals surface area contributed by atoms with Gasteiger partial charge in [0.2, 0.25) is 11.0 Å². The van der Waals surface area contributed by atoms with Crippen LogP contribution in [0.5, 0.6) is 0 Å². The van der Waals surface area contributed by atoms with Gasteiger partial charge in [-0.2, -0.15) is 0 Å². The van der Waals surface area contributed by atoms with Gasteiger partial charge in [0, 0.05) is 10.0 Å². The number of Topliss-reactive ketones (excluding diaryl/α,β-unsaturated/α-hetero) is 1. The van der Waals surface area contributed by atoms with Crippen LogP contribution in [0.1, 0.15) is 10.4 Å². The minimum Gasteiger partial charge on any atom is -0.410 e. The average molecular weight is 262 g/mol. The molecule has 0 atom stereocenters. The molecule has 0 aliphatic heterocycles. The number of carbonyl (C=O) groups is 1. The highest BCUT2D eigenvalue weighted by Gasteiger charge is 2.11. The summed E-state index contributed by atoms with van der Waals surface area (Å²) in [4.78, 5) is 11.2. The van der Waals surface area contributed by atoms with Crippen LogP contribution in [0.4, 0.5) is 0 Å². The van der Waals surface area contributed by atoms with E-state index in [1.807, 2.05) is 0 Å². The summed E-state index contributed by atoms with van der Waals surface area (Å²) in [7, 11) is 0. The average Bonchev–Trinajstić information content (AvgIpc) is 2.17. The van der Waals surface area contributed by atoms with Crippen molar-refractivity contribution in [1.29, 1.82) is 0 Å². The lowest BCUT2D eigenvalue weighted by Crippen LogP contribution is -2.07. The Morgan fingerprint density at radius 3 is 2.38 bits per heavy atom. The smallest absolute Gasteiger partial charge is 0.226 e. The van der Waals surface area contributed by atoms with Crippen molar-refractivity contribution in [1.82, 2.24) is 0 Å². The Kier molecular flexibility index (Phi) is 3.45. The van der Waals surface area contributed by atoms with Gasteiger partial charge in [0.25, 0.3) is 0 Å². The number of rotatable bonds is 2. The zero-order valence-corrected chi connectivity index (χ0v) is 8.71. The molecule has 1 rings (SSSR count). The molecule has 1 aromatic rings. The largest absolute Gasteiger partial charge is 0.410 e. The van der Waals surface area contributed by atoms with Gasteiger partial charge in [-0.05, 0) is 24.3 Å². The van der Waals surface area contributed by atoms with Gasteiger partial charge in [-0.3, -0.25) is 4.79 Å². The summed E-state index contributed by atoms with van der Waals surface area (Å²) in [6.07, 6.45) is 0. The van der Waals surface area contributed by atoms with Crippen LogP contribution in [0.3, 0.4) is 0 Å². The normalized spacial score (nSPS) is 11.4. The Hall–Kier alpha value is -0.870. The Balaban J connectivity index is 2.97. The van der Waals surface area contributed by atoms with Crippen LogP contribution in [0.25, 0.3) is 0 Å². The second kappa shape index (κ2) is 4.39. The van der Waals surface area contributed by atoms with Crippen LogP contribution < -0.4 is 0 Å². The second-order valence-corrected chi connectivity index (χ2v) is 3.50. The summed E-state index contributed by atoms with van der Waals surface area (Å²) in [5.74, 6) is -0.503. The van der Waals surface area contributed by atoms with Gasteiger partial charge in [0.05, 0.1) is 0 Å². The summed E-state index contributed by atoms with van der Waals surface area (Å²) < 4.78 is 0.862. The molecule has 0 aliphatic carbocycles. The SMILES string of the molecule is O=C(/C(Cl)=N/O)c1ccc(Br)cc1. The van der Waals surface area contributed by atoms with Crippen molar-refractivity contribution in [2.75, 3.05) is 0 Å². The van der Waals surface area contributed by atoms with Crippen LogP contribution in [-0.4, -0.2) is 16.2 Å². The van der Waals surface area contributed by atoms with E-state index in [9.17, 15) is 4.79 Å². The highest BCUT2D eigenvalue weighted by atomic mass is 79.9.